The van der Waals surface area contributed by atoms with E-state index >= 15 is 0 Å². The number of aromatic amines is 1. The van der Waals surface area contributed by atoms with Gasteiger partial charge in [0.15, 0.2) is 0 Å². The Morgan fingerprint density at radius 1 is 1.15 bits per heavy atom. The van der Waals surface area contributed by atoms with Crippen LogP contribution in [0.15, 0.2) is 58.3 Å². The minimum absolute atomic E-state index is 0.204. The molecule has 6 heteroatoms. The van der Waals surface area contributed by atoms with Crippen LogP contribution in [0.25, 0.3) is 5.69 Å². The zero-order valence-corrected chi connectivity index (χ0v) is 14.9. The van der Waals surface area contributed by atoms with Crippen molar-refractivity contribution in [1.82, 2.24) is 9.78 Å². The highest BCUT2D eigenvalue weighted by Gasteiger charge is 2.15. The lowest BCUT2D eigenvalue weighted by Gasteiger charge is -2.02. The maximum atomic E-state index is 13.1. The number of hydrogen-bond donors (Lipinski definition) is 1. The van der Waals surface area contributed by atoms with Gasteiger partial charge in [0.2, 0.25) is 0 Å². The Hall–Kier alpha value is -3.15. The molecule has 2 aromatic carbocycles. The second-order valence-electron chi connectivity index (χ2n) is 5.98. The summed E-state index contributed by atoms with van der Waals surface area (Å²) < 4.78 is 19.6. The van der Waals surface area contributed by atoms with Crippen LogP contribution in [0.2, 0.25) is 0 Å². The van der Waals surface area contributed by atoms with Crippen molar-refractivity contribution in [2.75, 3.05) is 7.11 Å². The van der Waals surface area contributed by atoms with Gasteiger partial charge in [0.25, 0.3) is 5.56 Å². The quantitative estimate of drug-likeness (QED) is 0.712. The van der Waals surface area contributed by atoms with Crippen LogP contribution in [0.5, 0.6) is 5.75 Å². The first kappa shape index (κ1) is 17.7. The van der Waals surface area contributed by atoms with Crippen molar-refractivity contribution < 1.29 is 9.13 Å². The molecule has 0 fully saturated rings. The Morgan fingerprint density at radius 3 is 2.42 bits per heavy atom. The highest BCUT2D eigenvalue weighted by atomic mass is 19.1. The van der Waals surface area contributed by atoms with Gasteiger partial charge in [0, 0.05) is 11.4 Å². The molecule has 0 bridgehead atoms. The highest BCUT2D eigenvalue weighted by Crippen LogP contribution is 2.13. The summed E-state index contributed by atoms with van der Waals surface area (Å²) in [5.41, 5.74) is 3.30. The van der Waals surface area contributed by atoms with Crippen molar-refractivity contribution >= 4 is 5.71 Å². The fraction of sp³-hybridized carbons (Fsp3) is 0.200. The van der Waals surface area contributed by atoms with Gasteiger partial charge in [0.1, 0.15) is 11.6 Å². The fourth-order valence-corrected chi connectivity index (χ4v) is 2.76. The molecule has 5 nitrogen and oxygen atoms in total. The number of benzene rings is 2. The molecule has 3 rings (SSSR count). The normalized spacial score (nSPS) is 11.6. The van der Waals surface area contributed by atoms with E-state index < -0.39 is 0 Å². The van der Waals surface area contributed by atoms with Crippen LogP contribution < -0.4 is 10.3 Å². The largest absolute Gasteiger partial charge is 0.497 e. The Morgan fingerprint density at radius 2 is 1.81 bits per heavy atom. The second-order valence-corrected chi connectivity index (χ2v) is 5.98. The lowest BCUT2D eigenvalue weighted by atomic mass is 10.1. The maximum Gasteiger partial charge on any atom is 0.280 e. The molecule has 0 radical (unpaired) electrons. The number of methoxy groups -OCH3 is 1. The molecular weight excluding hydrogens is 333 g/mol. The van der Waals surface area contributed by atoms with Crippen molar-refractivity contribution in [2.45, 2.75) is 20.4 Å². The van der Waals surface area contributed by atoms with Crippen LogP contribution in [0.3, 0.4) is 0 Å². The molecule has 26 heavy (non-hydrogen) atoms. The fourth-order valence-electron chi connectivity index (χ4n) is 2.76. The van der Waals surface area contributed by atoms with Gasteiger partial charge in [-0.25, -0.2) is 9.07 Å². The van der Waals surface area contributed by atoms with Crippen molar-refractivity contribution in [1.29, 1.82) is 0 Å². The van der Waals surface area contributed by atoms with Gasteiger partial charge >= 0.3 is 0 Å². The van der Waals surface area contributed by atoms with Gasteiger partial charge in [-0.1, -0.05) is 12.1 Å². The van der Waals surface area contributed by atoms with E-state index in [0.717, 1.165) is 17.0 Å². The molecule has 0 saturated heterocycles. The van der Waals surface area contributed by atoms with Gasteiger partial charge in [0.05, 0.1) is 24.9 Å². The monoisotopic (exact) mass is 353 g/mol. The molecule has 0 aliphatic rings. The number of aromatic nitrogens is 2. The van der Waals surface area contributed by atoms with Gasteiger partial charge in [-0.05, 0) is 55.8 Å². The minimum Gasteiger partial charge on any atom is -0.497 e. The van der Waals surface area contributed by atoms with E-state index in [1.165, 1.54) is 16.8 Å². The summed E-state index contributed by atoms with van der Waals surface area (Å²) >= 11 is 0. The first-order chi connectivity index (χ1) is 12.5. The van der Waals surface area contributed by atoms with Gasteiger partial charge in [-0.3, -0.25) is 14.9 Å². The van der Waals surface area contributed by atoms with Crippen molar-refractivity contribution in [3.05, 3.63) is 81.5 Å². The number of rotatable bonds is 5. The van der Waals surface area contributed by atoms with Gasteiger partial charge < -0.3 is 4.74 Å². The molecule has 1 heterocycles. The molecule has 0 atom stereocenters. The average Bonchev–Trinajstić information content (AvgIpc) is 2.95. The molecule has 0 saturated carbocycles. The number of ether oxygens (including phenoxy) is 1. The van der Waals surface area contributed by atoms with E-state index in [2.05, 4.69) is 10.1 Å². The Balaban J connectivity index is 1.88. The molecule has 0 unspecified atom stereocenters. The van der Waals surface area contributed by atoms with Crippen LogP contribution in [-0.4, -0.2) is 22.6 Å². The number of nitrogens with zero attached hydrogens (tertiary/aromatic N) is 2. The Labute approximate surface area is 150 Å². The van der Waals surface area contributed by atoms with Crippen LogP contribution in [-0.2, 0) is 6.54 Å². The highest BCUT2D eigenvalue weighted by molar-refractivity contribution is 5.99. The topological polar surface area (TPSA) is 59.4 Å². The van der Waals surface area contributed by atoms with E-state index in [9.17, 15) is 9.18 Å². The lowest BCUT2D eigenvalue weighted by molar-refractivity contribution is 0.414. The molecule has 0 aliphatic heterocycles. The van der Waals surface area contributed by atoms with Crippen molar-refractivity contribution in [3.63, 3.8) is 0 Å². The standard InChI is InChI=1S/C20H20FN3O2/c1-13(22-12-15-4-10-18(26-3)11-5-15)19-14(2)23-24(20(19)25)17-8-6-16(21)7-9-17/h4-11,23H,12H2,1-3H3. The summed E-state index contributed by atoms with van der Waals surface area (Å²) in [6.45, 7) is 4.11. The molecular formula is C20H20FN3O2. The first-order valence-electron chi connectivity index (χ1n) is 8.21. The minimum atomic E-state index is -0.345. The molecule has 0 aliphatic carbocycles. The van der Waals surface area contributed by atoms with E-state index in [1.807, 2.05) is 38.1 Å². The molecule has 0 spiro atoms. The molecule has 134 valence electrons. The van der Waals surface area contributed by atoms with E-state index in [4.69, 9.17) is 4.74 Å². The number of nitrogens with one attached hydrogen (secondary N) is 1. The first-order valence-corrected chi connectivity index (χ1v) is 8.21. The second kappa shape index (κ2) is 7.39. The summed E-state index contributed by atoms with van der Waals surface area (Å²) in [5, 5.41) is 3.03. The third-order valence-corrected chi connectivity index (χ3v) is 4.18. The number of aliphatic imine (C=N–C) groups is 1. The zero-order valence-electron chi connectivity index (χ0n) is 14.9. The summed E-state index contributed by atoms with van der Waals surface area (Å²) in [6, 6.07) is 13.4. The summed E-state index contributed by atoms with van der Waals surface area (Å²) in [4.78, 5) is 17.3. The zero-order chi connectivity index (χ0) is 18.7. The summed E-state index contributed by atoms with van der Waals surface area (Å²) in [7, 11) is 1.62. The number of halogens is 1. The molecule has 1 aromatic heterocycles. The molecule has 3 aromatic rings. The number of aryl methyl sites for hydroxylation is 1. The average molecular weight is 353 g/mol. The van der Waals surface area contributed by atoms with Gasteiger partial charge in [-0.2, -0.15) is 0 Å². The van der Waals surface area contributed by atoms with Crippen molar-refractivity contribution in [2.24, 2.45) is 4.99 Å². The van der Waals surface area contributed by atoms with E-state index in [1.54, 1.807) is 19.2 Å². The van der Waals surface area contributed by atoms with Crippen LogP contribution >= 0.6 is 0 Å². The van der Waals surface area contributed by atoms with Crippen LogP contribution in [0.1, 0.15) is 23.7 Å². The third kappa shape index (κ3) is 3.59. The third-order valence-electron chi connectivity index (χ3n) is 4.18. The van der Waals surface area contributed by atoms with Crippen LogP contribution in [0, 0.1) is 12.7 Å². The van der Waals surface area contributed by atoms with E-state index in [0.29, 0.717) is 23.5 Å². The van der Waals surface area contributed by atoms with Gasteiger partial charge in [-0.15, -0.1) is 0 Å². The summed E-state index contributed by atoms with van der Waals surface area (Å²) in [6.07, 6.45) is 0. The SMILES string of the molecule is COc1ccc(CN=C(C)c2c(C)[nH]n(-c3ccc(F)cc3)c2=O)cc1. The lowest BCUT2D eigenvalue weighted by Crippen LogP contribution is -2.19. The molecule has 0 amide bonds. The summed E-state index contributed by atoms with van der Waals surface area (Å²) in [5.74, 6) is 0.445. The van der Waals surface area contributed by atoms with E-state index in [-0.39, 0.29) is 11.4 Å². The predicted molar refractivity (Wildman–Crippen MR) is 100.0 cm³/mol. The smallest absolute Gasteiger partial charge is 0.280 e. The van der Waals surface area contributed by atoms with Crippen molar-refractivity contribution in [3.8, 4) is 11.4 Å². The molecule has 1 N–H and O–H groups in total. The number of hydrogen-bond acceptors (Lipinski definition) is 3. The predicted octanol–water partition coefficient (Wildman–Crippen LogP) is 3.63. The number of H-pyrrole nitrogens is 1. The van der Waals surface area contributed by atoms with Crippen LogP contribution in [0.4, 0.5) is 4.39 Å². The Bertz CT molecular complexity index is 983. The maximum absolute atomic E-state index is 13.1. The Kier molecular flexibility index (Phi) is 5.02.